The number of sulfonamides is 1. The van der Waals surface area contributed by atoms with Crippen LogP contribution in [0.5, 0.6) is 0 Å². The van der Waals surface area contributed by atoms with E-state index in [0.717, 1.165) is 42.9 Å². The van der Waals surface area contributed by atoms with Gasteiger partial charge in [-0.2, -0.15) is 0 Å². The Morgan fingerprint density at radius 3 is 2.39 bits per heavy atom. The van der Waals surface area contributed by atoms with Gasteiger partial charge in [-0.05, 0) is 75.2 Å². The van der Waals surface area contributed by atoms with E-state index in [0.29, 0.717) is 21.8 Å². The van der Waals surface area contributed by atoms with Gasteiger partial charge in [0.1, 0.15) is 5.00 Å². The Morgan fingerprint density at radius 2 is 1.76 bits per heavy atom. The van der Waals surface area contributed by atoms with Crippen LogP contribution in [0.2, 0.25) is 0 Å². The van der Waals surface area contributed by atoms with Gasteiger partial charge in [-0.1, -0.05) is 25.1 Å². The fraction of sp³-hybridized carbons (Fsp3) is 0.357. The zero-order chi connectivity index (χ0) is 27.3. The summed E-state index contributed by atoms with van der Waals surface area (Å²) >= 11 is 1.40. The average Bonchev–Trinajstić information content (AvgIpc) is 3.27. The topological polar surface area (TPSA) is 96.0 Å². The predicted molar refractivity (Wildman–Crippen MR) is 151 cm³/mol. The molecule has 1 amide bonds. The van der Waals surface area contributed by atoms with Crippen LogP contribution in [0.15, 0.2) is 59.5 Å². The smallest absolute Gasteiger partial charge is 0.341 e. The minimum Gasteiger partial charge on any atom is -0.462 e. The van der Waals surface area contributed by atoms with Crippen molar-refractivity contribution in [2.45, 2.75) is 45.1 Å². The Morgan fingerprint density at radius 1 is 1.05 bits per heavy atom. The van der Waals surface area contributed by atoms with Crippen molar-refractivity contribution in [1.29, 1.82) is 0 Å². The van der Waals surface area contributed by atoms with Crippen molar-refractivity contribution in [3.63, 3.8) is 0 Å². The predicted octanol–water partition coefficient (Wildman–Crippen LogP) is 5.16. The molecule has 38 heavy (non-hydrogen) atoms. The maximum Gasteiger partial charge on any atom is 0.341 e. The number of fused-ring (bicyclic) bond motifs is 1. The van der Waals surface area contributed by atoms with Crippen molar-refractivity contribution < 1.29 is 22.7 Å². The maximum absolute atomic E-state index is 13.3. The lowest BCUT2D eigenvalue weighted by Gasteiger charge is -2.26. The molecule has 0 bridgehead atoms. The lowest BCUT2D eigenvalue weighted by molar-refractivity contribution is 0.0526. The summed E-state index contributed by atoms with van der Waals surface area (Å²) in [6, 6.07) is 14.7. The van der Waals surface area contributed by atoms with Gasteiger partial charge in [0, 0.05) is 30.1 Å². The minimum absolute atomic E-state index is 0.0922. The third kappa shape index (κ3) is 5.77. The van der Waals surface area contributed by atoms with Gasteiger partial charge in [0.05, 0.1) is 22.8 Å². The van der Waals surface area contributed by atoms with Crippen LogP contribution < -0.4 is 9.62 Å². The highest BCUT2D eigenvalue weighted by molar-refractivity contribution is 7.92. The van der Waals surface area contributed by atoms with Gasteiger partial charge in [-0.15, -0.1) is 11.3 Å². The number of thiophene rings is 1. The number of para-hydroxylation sites is 1. The van der Waals surface area contributed by atoms with Crippen LogP contribution in [0.1, 0.15) is 58.3 Å². The van der Waals surface area contributed by atoms with Crippen LogP contribution in [0.4, 0.5) is 10.7 Å². The first-order valence-electron chi connectivity index (χ1n) is 12.8. The van der Waals surface area contributed by atoms with Crippen molar-refractivity contribution in [3.8, 4) is 0 Å². The minimum atomic E-state index is -3.80. The number of anilines is 2. The summed E-state index contributed by atoms with van der Waals surface area (Å²) in [6.07, 6.45) is 1.76. The second-order valence-electron chi connectivity index (χ2n) is 8.94. The standard InChI is InChI=1S/C28H33N3O5S2/c1-4-17-30-18-16-23-24(19-30)37-27(25(23)28(33)36-6-3)29-26(32)20-12-14-22(15-13-20)38(34,35)31(5-2)21-10-8-7-9-11-21/h7-15H,4-6,16-19H2,1-3H3,(H,29,32). The second-order valence-corrected chi connectivity index (χ2v) is 11.9. The zero-order valence-electron chi connectivity index (χ0n) is 21.9. The molecule has 0 saturated carbocycles. The molecule has 0 aliphatic carbocycles. The van der Waals surface area contributed by atoms with Crippen LogP contribution in [0.3, 0.4) is 0 Å². The van der Waals surface area contributed by atoms with Gasteiger partial charge < -0.3 is 10.1 Å². The number of carbonyl (C=O) groups is 2. The SMILES string of the molecule is CCCN1CCc2c(sc(NC(=O)c3ccc(S(=O)(=O)N(CC)c4ccccc4)cc3)c2C(=O)OCC)C1. The van der Waals surface area contributed by atoms with Crippen LogP contribution in [-0.2, 0) is 27.7 Å². The molecular formula is C28H33N3O5S2. The molecule has 2 heterocycles. The summed E-state index contributed by atoms with van der Waals surface area (Å²) in [6.45, 7) is 8.74. The maximum atomic E-state index is 13.3. The first-order valence-corrected chi connectivity index (χ1v) is 15.1. The zero-order valence-corrected chi connectivity index (χ0v) is 23.5. The lowest BCUT2D eigenvalue weighted by atomic mass is 10.0. The molecule has 0 unspecified atom stereocenters. The first kappa shape index (κ1) is 27.8. The molecule has 1 N–H and O–H groups in total. The molecule has 1 aliphatic rings. The van der Waals surface area contributed by atoms with Crippen molar-refractivity contribution in [1.82, 2.24) is 4.90 Å². The summed E-state index contributed by atoms with van der Waals surface area (Å²) in [5.41, 5.74) is 2.23. The average molecular weight is 556 g/mol. The van der Waals surface area contributed by atoms with Crippen molar-refractivity contribution in [3.05, 3.63) is 76.2 Å². The third-order valence-corrected chi connectivity index (χ3v) is 9.47. The van der Waals surface area contributed by atoms with Gasteiger partial charge in [0.2, 0.25) is 0 Å². The fourth-order valence-electron chi connectivity index (χ4n) is 4.64. The van der Waals surface area contributed by atoms with Crippen molar-refractivity contribution in [2.24, 2.45) is 0 Å². The molecule has 0 atom stereocenters. The molecule has 1 aromatic heterocycles. The van der Waals surface area contributed by atoms with Gasteiger partial charge in [-0.3, -0.25) is 14.0 Å². The van der Waals surface area contributed by atoms with E-state index in [4.69, 9.17) is 4.74 Å². The monoisotopic (exact) mass is 555 g/mol. The summed E-state index contributed by atoms with van der Waals surface area (Å²) in [4.78, 5) is 29.5. The molecule has 1 aliphatic heterocycles. The van der Waals surface area contributed by atoms with Crippen LogP contribution in [0.25, 0.3) is 0 Å². The molecule has 4 rings (SSSR count). The van der Waals surface area contributed by atoms with Crippen LogP contribution >= 0.6 is 11.3 Å². The van der Waals surface area contributed by atoms with Gasteiger partial charge in [-0.25, -0.2) is 13.2 Å². The summed E-state index contributed by atoms with van der Waals surface area (Å²) in [5.74, 6) is -0.856. The molecule has 202 valence electrons. The van der Waals surface area contributed by atoms with Gasteiger partial charge >= 0.3 is 5.97 Å². The van der Waals surface area contributed by atoms with E-state index in [9.17, 15) is 18.0 Å². The van der Waals surface area contributed by atoms with E-state index >= 15 is 0 Å². The Labute approximate surface area is 228 Å². The molecule has 0 spiro atoms. The Bertz CT molecular complexity index is 1390. The molecule has 3 aromatic rings. The Balaban J connectivity index is 1.57. The number of amides is 1. The van der Waals surface area contributed by atoms with Gasteiger partial charge in [0.25, 0.3) is 15.9 Å². The highest BCUT2D eigenvalue weighted by Gasteiger charge is 2.30. The highest BCUT2D eigenvalue weighted by Crippen LogP contribution is 2.38. The fourth-order valence-corrected chi connectivity index (χ4v) is 7.38. The quantitative estimate of drug-likeness (QED) is 0.347. The van der Waals surface area contributed by atoms with Gasteiger partial charge in [0.15, 0.2) is 0 Å². The normalized spacial score (nSPS) is 13.6. The number of benzene rings is 2. The van der Waals surface area contributed by atoms with Crippen molar-refractivity contribution >= 4 is 43.9 Å². The second kappa shape index (κ2) is 12.1. The van der Waals surface area contributed by atoms with Crippen LogP contribution in [-0.4, -0.2) is 51.4 Å². The molecule has 0 radical (unpaired) electrons. The number of hydrogen-bond donors (Lipinski definition) is 1. The number of esters is 1. The number of nitrogens with one attached hydrogen (secondary N) is 1. The third-order valence-electron chi connectivity index (χ3n) is 6.42. The Kier molecular flexibility index (Phi) is 8.86. The van der Waals surface area contributed by atoms with E-state index in [1.807, 2.05) is 6.07 Å². The number of hydrogen-bond acceptors (Lipinski definition) is 7. The van der Waals surface area contributed by atoms with E-state index in [-0.39, 0.29) is 18.0 Å². The van der Waals surface area contributed by atoms with Crippen molar-refractivity contribution in [2.75, 3.05) is 35.9 Å². The molecule has 2 aromatic carbocycles. The summed E-state index contributed by atoms with van der Waals surface area (Å²) in [7, 11) is -3.80. The molecule has 0 fully saturated rings. The van der Waals surface area contributed by atoms with Crippen LogP contribution in [0, 0.1) is 0 Å². The van der Waals surface area contributed by atoms with E-state index in [2.05, 4.69) is 17.1 Å². The molecule has 0 saturated heterocycles. The van der Waals surface area contributed by atoms with E-state index < -0.39 is 21.9 Å². The number of rotatable bonds is 10. The molecule has 10 heteroatoms. The number of ether oxygens (including phenoxy) is 1. The molecular weight excluding hydrogens is 522 g/mol. The van der Waals surface area contributed by atoms with E-state index in [1.165, 1.54) is 39.9 Å². The van der Waals surface area contributed by atoms with E-state index in [1.54, 1.807) is 38.1 Å². The summed E-state index contributed by atoms with van der Waals surface area (Å²) < 4.78 is 33.2. The number of carbonyl (C=O) groups excluding carboxylic acids is 2. The molecule has 8 nitrogen and oxygen atoms in total. The lowest BCUT2D eigenvalue weighted by Crippen LogP contribution is -2.31. The number of nitrogens with zero attached hydrogens (tertiary/aromatic N) is 2. The first-order chi connectivity index (χ1) is 18.3. The highest BCUT2D eigenvalue weighted by atomic mass is 32.2. The Hall–Kier alpha value is -3.21. The largest absolute Gasteiger partial charge is 0.462 e. The summed E-state index contributed by atoms with van der Waals surface area (Å²) in [5, 5.41) is 3.36.